The molecule has 2 amide bonds. The summed E-state index contributed by atoms with van der Waals surface area (Å²) in [5.41, 5.74) is 2.01. The van der Waals surface area contributed by atoms with Crippen molar-refractivity contribution in [2.75, 3.05) is 17.2 Å². The predicted octanol–water partition coefficient (Wildman–Crippen LogP) is 4.69. The lowest BCUT2D eigenvalue weighted by Crippen LogP contribution is -2.50. The third kappa shape index (κ3) is 3.09. The smallest absolute Gasteiger partial charge is 0.268 e. The Morgan fingerprint density at radius 3 is 2.47 bits per heavy atom. The standard InChI is InChI=1S/C24H17F3N2O2S/c25-17-8-6-16(7-9-17)22(30)29-11-12-32-24(29)18-3-1-2-4-21(18)28(23(24)31)14-15-5-10-19(26)20(27)13-15/h1-10,13H,11-12,14H2/t24-/m1/s1. The molecule has 1 saturated heterocycles. The molecule has 1 fully saturated rings. The molecule has 0 unspecified atom stereocenters. The van der Waals surface area contributed by atoms with E-state index in [-0.39, 0.29) is 23.9 Å². The minimum absolute atomic E-state index is 0.0357. The van der Waals surface area contributed by atoms with Crippen LogP contribution in [0.1, 0.15) is 21.5 Å². The fourth-order valence-corrected chi connectivity index (χ4v) is 5.75. The van der Waals surface area contributed by atoms with Crippen molar-refractivity contribution >= 4 is 29.3 Å². The second-order valence-electron chi connectivity index (χ2n) is 7.61. The van der Waals surface area contributed by atoms with E-state index in [2.05, 4.69) is 0 Å². The first-order valence-corrected chi connectivity index (χ1v) is 11.0. The molecule has 2 heterocycles. The number of carbonyl (C=O) groups excluding carboxylic acids is 2. The minimum Gasteiger partial charge on any atom is -0.311 e. The van der Waals surface area contributed by atoms with Crippen molar-refractivity contribution in [1.29, 1.82) is 0 Å². The van der Waals surface area contributed by atoms with E-state index in [1.807, 2.05) is 6.07 Å². The van der Waals surface area contributed by atoms with Gasteiger partial charge in [0.05, 0.1) is 12.2 Å². The van der Waals surface area contributed by atoms with Crippen LogP contribution in [-0.4, -0.2) is 29.0 Å². The lowest BCUT2D eigenvalue weighted by atomic mass is 10.0. The van der Waals surface area contributed by atoms with Gasteiger partial charge in [0.1, 0.15) is 5.82 Å². The zero-order chi connectivity index (χ0) is 22.5. The van der Waals surface area contributed by atoms with Crippen molar-refractivity contribution in [2.24, 2.45) is 0 Å². The summed E-state index contributed by atoms with van der Waals surface area (Å²) in [5.74, 6) is -2.53. The Kier molecular flexibility index (Phi) is 4.97. The van der Waals surface area contributed by atoms with Gasteiger partial charge in [0, 0.05) is 23.4 Å². The zero-order valence-electron chi connectivity index (χ0n) is 16.7. The molecule has 5 rings (SSSR count). The van der Waals surface area contributed by atoms with Gasteiger partial charge in [-0.2, -0.15) is 0 Å². The summed E-state index contributed by atoms with van der Waals surface area (Å²) in [6, 6.07) is 15.9. The molecule has 3 aromatic rings. The third-order valence-electron chi connectivity index (χ3n) is 5.76. The predicted molar refractivity (Wildman–Crippen MR) is 116 cm³/mol. The summed E-state index contributed by atoms with van der Waals surface area (Å²) in [5, 5.41) is 0. The van der Waals surface area contributed by atoms with Crippen molar-refractivity contribution in [1.82, 2.24) is 4.90 Å². The number of hydrogen-bond donors (Lipinski definition) is 0. The van der Waals surface area contributed by atoms with Gasteiger partial charge in [-0.25, -0.2) is 13.2 Å². The third-order valence-corrected chi connectivity index (χ3v) is 7.18. The quantitative estimate of drug-likeness (QED) is 0.577. The van der Waals surface area contributed by atoms with E-state index in [4.69, 9.17) is 0 Å². The maximum Gasteiger partial charge on any atom is 0.268 e. The molecule has 3 aromatic carbocycles. The number of thioether (sulfide) groups is 1. The molecule has 162 valence electrons. The SMILES string of the molecule is O=C(c1ccc(F)cc1)N1CCS[C@]12C(=O)N(Cc1ccc(F)c(F)c1)c1ccccc12. The molecule has 0 aromatic heterocycles. The summed E-state index contributed by atoms with van der Waals surface area (Å²) in [7, 11) is 0. The minimum atomic E-state index is -1.26. The van der Waals surface area contributed by atoms with Gasteiger partial charge in [-0.1, -0.05) is 24.3 Å². The molecule has 2 aliphatic heterocycles. The van der Waals surface area contributed by atoms with Gasteiger partial charge in [0.2, 0.25) is 0 Å². The Morgan fingerprint density at radius 2 is 1.72 bits per heavy atom. The van der Waals surface area contributed by atoms with Crippen molar-refractivity contribution in [3.8, 4) is 0 Å². The Labute approximate surface area is 186 Å². The van der Waals surface area contributed by atoms with Crippen molar-refractivity contribution in [3.05, 3.63) is 101 Å². The second-order valence-corrected chi connectivity index (χ2v) is 8.90. The summed E-state index contributed by atoms with van der Waals surface area (Å²) >= 11 is 1.36. The average molecular weight is 454 g/mol. The first kappa shape index (κ1) is 20.6. The van der Waals surface area contributed by atoms with Crippen LogP contribution in [0.3, 0.4) is 0 Å². The molecule has 1 atom stereocenters. The van der Waals surface area contributed by atoms with Gasteiger partial charge in [0.15, 0.2) is 16.5 Å². The van der Waals surface area contributed by atoms with Gasteiger partial charge in [0.25, 0.3) is 11.8 Å². The van der Waals surface area contributed by atoms with Gasteiger partial charge < -0.3 is 9.80 Å². The normalized spacial score (nSPS) is 19.7. The number of rotatable bonds is 3. The van der Waals surface area contributed by atoms with E-state index >= 15 is 0 Å². The maximum absolute atomic E-state index is 13.8. The molecule has 2 aliphatic rings. The van der Waals surface area contributed by atoms with Crippen LogP contribution >= 0.6 is 11.8 Å². The molecular weight excluding hydrogens is 437 g/mol. The topological polar surface area (TPSA) is 40.6 Å². The first-order chi connectivity index (χ1) is 15.4. The zero-order valence-corrected chi connectivity index (χ0v) is 17.5. The van der Waals surface area contributed by atoms with Crippen LogP contribution in [0.25, 0.3) is 0 Å². The van der Waals surface area contributed by atoms with E-state index < -0.39 is 22.3 Å². The largest absolute Gasteiger partial charge is 0.311 e. The van der Waals surface area contributed by atoms with Crippen molar-refractivity contribution in [3.63, 3.8) is 0 Å². The average Bonchev–Trinajstić information content (AvgIpc) is 3.34. The monoisotopic (exact) mass is 454 g/mol. The number of amides is 2. The molecule has 8 heteroatoms. The highest BCUT2D eigenvalue weighted by atomic mass is 32.2. The summed E-state index contributed by atoms with van der Waals surface area (Å²) < 4.78 is 40.5. The van der Waals surface area contributed by atoms with E-state index in [1.54, 1.807) is 18.2 Å². The number of halogens is 3. The molecule has 1 spiro atoms. The summed E-state index contributed by atoms with van der Waals surface area (Å²) in [4.78, 5) is 28.9. The van der Waals surface area contributed by atoms with Crippen LogP contribution < -0.4 is 4.90 Å². The van der Waals surface area contributed by atoms with Crippen LogP contribution in [0, 0.1) is 17.5 Å². The van der Waals surface area contributed by atoms with Crippen LogP contribution in [-0.2, 0) is 16.2 Å². The molecule has 0 saturated carbocycles. The molecule has 0 aliphatic carbocycles. The lowest BCUT2D eigenvalue weighted by Gasteiger charge is -2.33. The Hall–Kier alpha value is -3.26. The second kappa shape index (κ2) is 7.70. The number of anilines is 1. The van der Waals surface area contributed by atoms with Crippen molar-refractivity contribution in [2.45, 2.75) is 11.4 Å². The van der Waals surface area contributed by atoms with E-state index in [0.29, 0.717) is 29.1 Å². The number of fused-ring (bicyclic) bond motifs is 2. The maximum atomic E-state index is 13.8. The number of nitrogens with zero attached hydrogens (tertiary/aromatic N) is 2. The van der Waals surface area contributed by atoms with Gasteiger partial charge in [-0.05, 0) is 48.0 Å². The fourth-order valence-electron chi connectivity index (χ4n) is 4.29. The number of para-hydroxylation sites is 1. The van der Waals surface area contributed by atoms with Gasteiger partial charge >= 0.3 is 0 Å². The molecular formula is C24H17F3N2O2S. The lowest BCUT2D eigenvalue weighted by molar-refractivity contribution is -0.123. The Morgan fingerprint density at radius 1 is 0.969 bits per heavy atom. The van der Waals surface area contributed by atoms with E-state index in [1.165, 1.54) is 51.9 Å². The van der Waals surface area contributed by atoms with Crippen LogP contribution in [0.5, 0.6) is 0 Å². The van der Waals surface area contributed by atoms with Crippen LogP contribution in [0.4, 0.5) is 18.9 Å². The molecule has 0 N–H and O–H groups in total. The number of hydrogen-bond acceptors (Lipinski definition) is 3. The fraction of sp³-hybridized carbons (Fsp3) is 0.167. The molecule has 0 radical (unpaired) electrons. The van der Waals surface area contributed by atoms with E-state index in [0.717, 1.165) is 12.1 Å². The van der Waals surface area contributed by atoms with E-state index in [9.17, 15) is 22.8 Å². The highest BCUT2D eigenvalue weighted by Crippen LogP contribution is 2.54. The molecule has 4 nitrogen and oxygen atoms in total. The Bertz CT molecular complexity index is 1230. The molecule has 32 heavy (non-hydrogen) atoms. The summed E-state index contributed by atoms with van der Waals surface area (Å²) in [6.07, 6.45) is 0. The van der Waals surface area contributed by atoms with Gasteiger partial charge in [-0.3, -0.25) is 9.59 Å². The van der Waals surface area contributed by atoms with Gasteiger partial charge in [-0.15, -0.1) is 11.8 Å². The number of carbonyl (C=O) groups is 2. The number of benzene rings is 3. The molecule has 0 bridgehead atoms. The highest BCUT2D eigenvalue weighted by Gasteiger charge is 2.59. The first-order valence-electron chi connectivity index (χ1n) is 9.99. The Balaban J connectivity index is 1.56. The van der Waals surface area contributed by atoms with Crippen LogP contribution in [0.15, 0.2) is 66.7 Å². The van der Waals surface area contributed by atoms with Crippen LogP contribution in [0.2, 0.25) is 0 Å². The van der Waals surface area contributed by atoms with Crippen molar-refractivity contribution < 1.29 is 22.8 Å². The summed E-state index contributed by atoms with van der Waals surface area (Å²) in [6.45, 7) is 0.383. The highest BCUT2D eigenvalue weighted by molar-refractivity contribution is 8.01.